The van der Waals surface area contributed by atoms with Crippen LogP contribution in [0.1, 0.15) is 40.7 Å². The molecule has 0 radical (unpaired) electrons. The quantitative estimate of drug-likeness (QED) is 0.405. The van der Waals surface area contributed by atoms with Gasteiger partial charge in [-0.2, -0.15) is 0 Å². The Morgan fingerprint density at radius 2 is 2.00 bits per heavy atom. The zero-order valence-electron chi connectivity index (χ0n) is 15.3. The lowest BCUT2D eigenvalue weighted by Gasteiger charge is -2.42. The number of rotatable bonds is 6. The number of carbonyl (C=O) groups excluding carboxylic acids is 1. The number of aromatic amines is 1. The fourth-order valence-corrected chi connectivity index (χ4v) is 4.47. The van der Waals surface area contributed by atoms with Crippen molar-refractivity contribution in [3.05, 3.63) is 68.9 Å². The van der Waals surface area contributed by atoms with Gasteiger partial charge in [0.15, 0.2) is 0 Å². The standard InChI is InChI=1S/C22H23IN2O2/c1-27-13-12-24-21(26)18-5-2-4-17-19(14-25-20(17)18)22(10-3-11-22)15-6-8-16(23)9-7-15/h2,4-9,14,25H,3,10-13H2,1H3,(H,24,26). The van der Waals surface area contributed by atoms with Crippen molar-refractivity contribution in [2.45, 2.75) is 24.7 Å². The van der Waals surface area contributed by atoms with Gasteiger partial charge in [0.2, 0.25) is 0 Å². The van der Waals surface area contributed by atoms with Crippen LogP contribution in [0, 0.1) is 3.57 Å². The van der Waals surface area contributed by atoms with Crippen LogP contribution in [0.2, 0.25) is 0 Å². The van der Waals surface area contributed by atoms with Gasteiger partial charge in [-0.05, 0) is 64.8 Å². The number of benzene rings is 2. The van der Waals surface area contributed by atoms with Crippen molar-refractivity contribution in [1.29, 1.82) is 0 Å². The summed E-state index contributed by atoms with van der Waals surface area (Å²) in [5.74, 6) is -0.0667. The number of fused-ring (bicyclic) bond motifs is 1. The molecule has 1 aliphatic rings. The summed E-state index contributed by atoms with van der Waals surface area (Å²) in [6.07, 6.45) is 5.62. The molecule has 1 amide bonds. The Hall–Kier alpha value is -1.86. The second-order valence-electron chi connectivity index (χ2n) is 7.12. The third-order valence-corrected chi connectivity index (χ3v) is 6.39. The zero-order valence-corrected chi connectivity index (χ0v) is 17.5. The van der Waals surface area contributed by atoms with E-state index in [-0.39, 0.29) is 11.3 Å². The Labute approximate surface area is 172 Å². The predicted octanol–water partition coefficient (Wildman–Crippen LogP) is 4.62. The molecule has 2 N–H and O–H groups in total. The highest BCUT2D eigenvalue weighted by molar-refractivity contribution is 14.1. The Morgan fingerprint density at radius 1 is 1.22 bits per heavy atom. The summed E-state index contributed by atoms with van der Waals surface area (Å²) in [5.41, 5.74) is 4.32. The highest BCUT2D eigenvalue weighted by Gasteiger charge is 2.42. The lowest BCUT2D eigenvalue weighted by Crippen LogP contribution is -2.35. The van der Waals surface area contributed by atoms with E-state index in [1.54, 1.807) is 7.11 Å². The molecule has 4 nitrogen and oxygen atoms in total. The number of aromatic nitrogens is 1. The molecule has 5 heteroatoms. The molecule has 0 aliphatic heterocycles. The number of nitrogens with one attached hydrogen (secondary N) is 2. The number of hydrogen-bond acceptors (Lipinski definition) is 2. The summed E-state index contributed by atoms with van der Waals surface area (Å²) in [6, 6.07) is 14.8. The average Bonchev–Trinajstić information content (AvgIpc) is 3.07. The van der Waals surface area contributed by atoms with E-state index < -0.39 is 0 Å². The molecule has 27 heavy (non-hydrogen) atoms. The second-order valence-corrected chi connectivity index (χ2v) is 8.37. The molecule has 0 unspecified atom stereocenters. The van der Waals surface area contributed by atoms with E-state index in [1.165, 1.54) is 21.1 Å². The minimum atomic E-state index is -0.0667. The first-order valence-corrected chi connectivity index (χ1v) is 10.4. The van der Waals surface area contributed by atoms with Gasteiger partial charge in [0.25, 0.3) is 5.91 Å². The van der Waals surface area contributed by atoms with Gasteiger partial charge in [-0.3, -0.25) is 4.79 Å². The molecule has 1 heterocycles. The lowest BCUT2D eigenvalue weighted by atomic mass is 9.60. The normalized spacial score (nSPS) is 15.5. The van der Waals surface area contributed by atoms with Gasteiger partial charge in [0, 0.05) is 34.2 Å². The maximum atomic E-state index is 12.6. The number of amides is 1. The van der Waals surface area contributed by atoms with E-state index in [0.717, 1.165) is 23.7 Å². The van der Waals surface area contributed by atoms with Crippen LogP contribution in [0.4, 0.5) is 0 Å². The molecule has 1 aliphatic carbocycles. The third kappa shape index (κ3) is 3.27. The molecular weight excluding hydrogens is 451 g/mol. The SMILES string of the molecule is COCCNC(=O)c1cccc2c(C3(c4ccc(I)cc4)CCC3)c[nH]c12. The van der Waals surface area contributed by atoms with Crippen molar-refractivity contribution < 1.29 is 9.53 Å². The summed E-state index contributed by atoms with van der Waals surface area (Å²) in [5, 5.41) is 4.07. The van der Waals surface area contributed by atoms with Crippen molar-refractivity contribution in [1.82, 2.24) is 10.3 Å². The highest BCUT2D eigenvalue weighted by Crippen LogP contribution is 2.51. The maximum absolute atomic E-state index is 12.6. The van der Waals surface area contributed by atoms with Crippen LogP contribution in [-0.4, -0.2) is 31.2 Å². The smallest absolute Gasteiger partial charge is 0.253 e. The van der Waals surface area contributed by atoms with Crippen molar-refractivity contribution in [2.24, 2.45) is 0 Å². The Bertz CT molecular complexity index is 958. The van der Waals surface area contributed by atoms with E-state index in [9.17, 15) is 4.79 Å². The Kier molecular flexibility index (Phi) is 5.23. The second kappa shape index (κ2) is 7.64. The maximum Gasteiger partial charge on any atom is 0.253 e. The minimum absolute atomic E-state index is 0.0493. The Morgan fingerprint density at radius 3 is 2.67 bits per heavy atom. The summed E-state index contributed by atoms with van der Waals surface area (Å²) in [4.78, 5) is 16.0. The number of H-pyrrole nitrogens is 1. The number of hydrogen-bond donors (Lipinski definition) is 2. The topological polar surface area (TPSA) is 54.1 Å². The third-order valence-electron chi connectivity index (χ3n) is 5.67. The molecule has 1 saturated carbocycles. The van der Waals surface area contributed by atoms with Crippen molar-refractivity contribution >= 4 is 39.4 Å². The molecule has 0 bridgehead atoms. The van der Waals surface area contributed by atoms with Gasteiger partial charge in [0.1, 0.15) is 0 Å². The lowest BCUT2D eigenvalue weighted by molar-refractivity contribution is 0.0938. The van der Waals surface area contributed by atoms with Gasteiger partial charge < -0.3 is 15.0 Å². The molecule has 0 atom stereocenters. The number of halogens is 1. The largest absolute Gasteiger partial charge is 0.383 e. The van der Waals surface area contributed by atoms with Crippen LogP contribution in [-0.2, 0) is 10.2 Å². The number of carbonyl (C=O) groups is 1. The van der Waals surface area contributed by atoms with E-state index in [0.29, 0.717) is 18.7 Å². The van der Waals surface area contributed by atoms with Gasteiger partial charge in [-0.15, -0.1) is 0 Å². The molecule has 1 fully saturated rings. The molecule has 0 saturated heterocycles. The van der Waals surface area contributed by atoms with Gasteiger partial charge in [-0.1, -0.05) is 30.7 Å². The van der Waals surface area contributed by atoms with Crippen molar-refractivity contribution in [3.8, 4) is 0 Å². The fourth-order valence-electron chi connectivity index (χ4n) is 4.11. The zero-order chi connectivity index (χ0) is 18.9. The molecule has 0 spiro atoms. The van der Waals surface area contributed by atoms with E-state index >= 15 is 0 Å². The van der Waals surface area contributed by atoms with Crippen LogP contribution in [0.15, 0.2) is 48.7 Å². The summed E-state index contributed by atoms with van der Waals surface area (Å²) >= 11 is 2.35. The van der Waals surface area contributed by atoms with Crippen molar-refractivity contribution in [2.75, 3.05) is 20.3 Å². The van der Waals surface area contributed by atoms with Crippen LogP contribution in [0.25, 0.3) is 10.9 Å². The summed E-state index contributed by atoms with van der Waals surface area (Å²) < 4.78 is 6.27. The summed E-state index contributed by atoms with van der Waals surface area (Å²) in [7, 11) is 1.63. The van der Waals surface area contributed by atoms with Crippen molar-refractivity contribution in [3.63, 3.8) is 0 Å². The molecule has 1 aromatic heterocycles. The number of para-hydroxylation sites is 1. The summed E-state index contributed by atoms with van der Waals surface area (Å²) in [6.45, 7) is 1.01. The Balaban J connectivity index is 1.74. The fraction of sp³-hybridized carbons (Fsp3) is 0.318. The van der Waals surface area contributed by atoms with Gasteiger partial charge in [-0.25, -0.2) is 0 Å². The van der Waals surface area contributed by atoms with Gasteiger partial charge >= 0.3 is 0 Å². The van der Waals surface area contributed by atoms with E-state index in [1.807, 2.05) is 12.1 Å². The first-order valence-electron chi connectivity index (χ1n) is 9.29. The monoisotopic (exact) mass is 474 g/mol. The van der Waals surface area contributed by atoms with Crippen LogP contribution < -0.4 is 5.32 Å². The van der Waals surface area contributed by atoms with Crippen LogP contribution in [0.3, 0.4) is 0 Å². The first-order chi connectivity index (χ1) is 13.2. The highest BCUT2D eigenvalue weighted by atomic mass is 127. The van der Waals surface area contributed by atoms with Crippen LogP contribution >= 0.6 is 22.6 Å². The first kappa shape index (κ1) is 18.5. The molecule has 2 aromatic carbocycles. The number of methoxy groups -OCH3 is 1. The molecule has 4 rings (SSSR count). The molecule has 140 valence electrons. The molecular formula is C22H23IN2O2. The molecule has 3 aromatic rings. The van der Waals surface area contributed by atoms with E-state index in [4.69, 9.17) is 4.74 Å². The number of ether oxygens (including phenoxy) is 1. The van der Waals surface area contributed by atoms with Crippen LogP contribution in [0.5, 0.6) is 0 Å². The van der Waals surface area contributed by atoms with E-state index in [2.05, 4.69) is 69.4 Å². The predicted molar refractivity (Wildman–Crippen MR) is 116 cm³/mol. The average molecular weight is 474 g/mol. The minimum Gasteiger partial charge on any atom is -0.383 e. The van der Waals surface area contributed by atoms with Gasteiger partial charge in [0.05, 0.1) is 17.7 Å².